The number of benzene rings is 2. The van der Waals surface area contributed by atoms with Crippen LogP contribution in [0.2, 0.25) is 0 Å². The number of thiazole rings is 1. The second kappa shape index (κ2) is 7.68. The Morgan fingerprint density at radius 3 is 2.67 bits per heavy atom. The summed E-state index contributed by atoms with van der Waals surface area (Å²) in [6, 6.07) is 15.7. The third kappa shape index (κ3) is 3.88. The van der Waals surface area contributed by atoms with Gasteiger partial charge >= 0.3 is 0 Å². The highest BCUT2D eigenvalue weighted by atomic mass is 32.2. The molecule has 0 atom stereocenters. The molecule has 0 unspecified atom stereocenters. The molecule has 4 nitrogen and oxygen atoms in total. The summed E-state index contributed by atoms with van der Waals surface area (Å²) < 4.78 is 6.51. The lowest BCUT2D eigenvalue weighted by Gasteiger charge is -2.13. The molecule has 3 rings (SSSR count). The minimum absolute atomic E-state index is 0.0351. The van der Waals surface area contributed by atoms with Gasteiger partial charge in [0.1, 0.15) is 5.75 Å². The normalized spacial score (nSPS) is 10.8. The summed E-state index contributed by atoms with van der Waals surface area (Å²) in [5.41, 5.74) is 0.927. The van der Waals surface area contributed by atoms with Gasteiger partial charge in [0.25, 0.3) is 0 Å². The fraction of sp³-hybridized carbons (Fsp3) is 0.222. The number of hydrogen-bond donors (Lipinski definition) is 0. The van der Waals surface area contributed by atoms with Crippen molar-refractivity contribution < 1.29 is 9.53 Å². The van der Waals surface area contributed by atoms with E-state index in [4.69, 9.17) is 4.74 Å². The number of thioether (sulfide) groups is 1. The molecule has 0 N–H and O–H groups in total. The Balaban J connectivity index is 1.61. The van der Waals surface area contributed by atoms with Gasteiger partial charge in [-0.25, -0.2) is 4.98 Å². The number of carbonyl (C=O) groups is 1. The van der Waals surface area contributed by atoms with Crippen LogP contribution in [-0.4, -0.2) is 30.3 Å². The number of hydrogen-bond acceptors (Lipinski definition) is 5. The van der Waals surface area contributed by atoms with E-state index < -0.39 is 0 Å². The van der Waals surface area contributed by atoms with Crippen molar-refractivity contribution in [3.63, 3.8) is 0 Å². The number of nitrogens with zero attached hydrogens (tertiary/aromatic N) is 2. The van der Waals surface area contributed by atoms with Gasteiger partial charge in [0.2, 0.25) is 5.91 Å². The van der Waals surface area contributed by atoms with Gasteiger partial charge in [-0.15, -0.1) is 11.8 Å². The number of fused-ring (bicyclic) bond motifs is 1. The molecular formula is C18H18N2O2S2. The number of carbonyl (C=O) groups excluding carboxylic acids is 1. The lowest BCUT2D eigenvalue weighted by molar-refractivity contribution is -0.115. The molecule has 0 radical (unpaired) electrons. The van der Waals surface area contributed by atoms with Gasteiger partial charge in [-0.05, 0) is 43.3 Å². The lowest BCUT2D eigenvalue weighted by atomic mass is 10.3. The molecule has 2 aromatic carbocycles. The zero-order valence-electron chi connectivity index (χ0n) is 13.6. The molecule has 0 aliphatic heterocycles. The van der Waals surface area contributed by atoms with Gasteiger partial charge in [0, 0.05) is 11.9 Å². The van der Waals surface area contributed by atoms with Gasteiger partial charge < -0.3 is 4.74 Å². The van der Waals surface area contributed by atoms with Crippen LogP contribution in [0.4, 0.5) is 5.13 Å². The number of rotatable bonds is 6. The monoisotopic (exact) mass is 358 g/mol. The topological polar surface area (TPSA) is 42.4 Å². The largest absolute Gasteiger partial charge is 0.494 e. The maximum atomic E-state index is 12.4. The van der Waals surface area contributed by atoms with Crippen molar-refractivity contribution in [1.82, 2.24) is 4.98 Å². The minimum atomic E-state index is 0.0351. The summed E-state index contributed by atoms with van der Waals surface area (Å²) in [7, 11) is 1.78. The van der Waals surface area contributed by atoms with Crippen LogP contribution in [0.1, 0.15) is 6.92 Å². The number of ether oxygens (including phenoxy) is 1. The van der Waals surface area contributed by atoms with E-state index in [1.165, 1.54) is 23.1 Å². The first-order chi connectivity index (χ1) is 11.7. The van der Waals surface area contributed by atoms with Crippen LogP contribution in [0.25, 0.3) is 10.2 Å². The summed E-state index contributed by atoms with van der Waals surface area (Å²) in [5.74, 6) is 1.26. The SMILES string of the molecule is CCOc1ccc(SCC(=O)N(C)c2nc3ccccc3s2)cc1. The molecule has 0 bridgehead atoms. The highest BCUT2D eigenvalue weighted by molar-refractivity contribution is 8.00. The predicted octanol–water partition coefficient (Wildman–Crippen LogP) is 4.45. The Morgan fingerprint density at radius 2 is 1.96 bits per heavy atom. The second-order valence-corrected chi connectivity index (χ2v) is 7.17. The average molecular weight is 358 g/mol. The van der Waals surface area contributed by atoms with E-state index in [1.807, 2.05) is 55.5 Å². The van der Waals surface area contributed by atoms with E-state index in [0.29, 0.717) is 12.4 Å². The molecule has 0 spiro atoms. The van der Waals surface area contributed by atoms with Crippen LogP contribution in [0.5, 0.6) is 5.75 Å². The first-order valence-electron chi connectivity index (χ1n) is 7.65. The van der Waals surface area contributed by atoms with Crippen molar-refractivity contribution in [3.8, 4) is 5.75 Å². The van der Waals surface area contributed by atoms with Crippen LogP contribution >= 0.6 is 23.1 Å². The smallest absolute Gasteiger partial charge is 0.238 e. The third-order valence-corrected chi connectivity index (χ3v) is 5.55. The molecule has 6 heteroatoms. The average Bonchev–Trinajstić information content (AvgIpc) is 3.04. The summed E-state index contributed by atoms with van der Waals surface area (Å²) in [6.07, 6.45) is 0. The molecule has 0 fully saturated rings. The Morgan fingerprint density at radius 1 is 1.21 bits per heavy atom. The van der Waals surface area contributed by atoms with Crippen molar-refractivity contribution >= 4 is 44.4 Å². The lowest BCUT2D eigenvalue weighted by Crippen LogP contribution is -2.27. The third-order valence-electron chi connectivity index (χ3n) is 3.44. The molecule has 0 aliphatic carbocycles. The Labute approximate surface area is 149 Å². The van der Waals surface area contributed by atoms with Gasteiger partial charge in [0.15, 0.2) is 5.13 Å². The van der Waals surface area contributed by atoms with E-state index in [2.05, 4.69) is 4.98 Å². The van der Waals surface area contributed by atoms with Crippen LogP contribution in [0.3, 0.4) is 0 Å². The Bertz CT molecular complexity index is 797. The molecule has 0 saturated heterocycles. The summed E-state index contributed by atoms with van der Waals surface area (Å²) in [6.45, 7) is 2.61. The molecule has 0 saturated carbocycles. The highest BCUT2D eigenvalue weighted by Gasteiger charge is 2.15. The number of para-hydroxylation sites is 1. The van der Waals surface area contributed by atoms with Gasteiger partial charge in [-0.2, -0.15) is 0 Å². The first kappa shape index (κ1) is 16.8. The van der Waals surface area contributed by atoms with Crippen molar-refractivity contribution in [3.05, 3.63) is 48.5 Å². The molecule has 1 amide bonds. The van der Waals surface area contributed by atoms with Crippen molar-refractivity contribution in [1.29, 1.82) is 0 Å². The number of amides is 1. The predicted molar refractivity (Wildman–Crippen MR) is 101 cm³/mol. The number of aromatic nitrogens is 1. The minimum Gasteiger partial charge on any atom is -0.494 e. The molecular weight excluding hydrogens is 340 g/mol. The van der Waals surface area contributed by atoms with E-state index in [1.54, 1.807) is 11.9 Å². The Kier molecular flexibility index (Phi) is 5.37. The fourth-order valence-electron chi connectivity index (χ4n) is 2.15. The van der Waals surface area contributed by atoms with Gasteiger partial charge in [0.05, 0.1) is 22.6 Å². The maximum absolute atomic E-state index is 12.4. The van der Waals surface area contributed by atoms with E-state index in [-0.39, 0.29) is 5.91 Å². The zero-order chi connectivity index (χ0) is 16.9. The van der Waals surface area contributed by atoms with Gasteiger partial charge in [-0.3, -0.25) is 9.69 Å². The van der Waals surface area contributed by atoms with E-state index in [0.717, 1.165) is 26.0 Å². The number of anilines is 1. The van der Waals surface area contributed by atoms with Crippen molar-refractivity contribution in [2.45, 2.75) is 11.8 Å². The molecule has 1 heterocycles. The quantitative estimate of drug-likeness (QED) is 0.611. The van der Waals surface area contributed by atoms with E-state index >= 15 is 0 Å². The zero-order valence-corrected chi connectivity index (χ0v) is 15.2. The van der Waals surface area contributed by atoms with Crippen molar-refractivity contribution in [2.75, 3.05) is 24.3 Å². The standard InChI is InChI=1S/C18H18N2O2S2/c1-3-22-13-8-10-14(11-9-13)23-12-17(21)20(2)18-19-15-6-4-5-7-16(15)24-18/h4-11H,3,12H2,1-2H3. The molecule has 124 valence electrons. The molecule has 24 heavy (non-hydrogen) atoms. The Hall–Kier alpha value is -2.05. The summed E-state index contributed by atoms with van der Waals surface area (Å²) >= 11 is 3.05. The molecule has 0 aliphatic rings. The highest BCUT2D eigenvalue weighted by Crippen LogP contribution is 2.29. The molecule has 3 aromatic rings. The maximum Gasteiger partial charge on any atom is 0.238 e. The van der Waals surface area contributed by atoms with Crippen LogP contribution in [-0.2, 0) is 4.79 Å². The van der Waals surface area contributed by atoms with E-state index in [9.17, 15) is 4.79 Å². The summed E-state index contributed by atoms with van der Waals surface area (Å²) in [4.78, 5) is 19.6. The van der Waals surface area contributed by atoms with Crippen LogP contribution in [0.15, 0.2) is 53.4 Å². The fourth-order valence-corrected chi connectivity index (χ4v) is 3.91. The van der Waals surface area contributed by atoms with Crippen molar-refractivity contribution in [2.24, 2.45) is 0 Å². The second-order valence-electron chi connectivity index (χ2n) is 5.11. The first-order valence-corrected chi connectivity index (χ1v) is 9.45. The summed E-state index contributed by atoms with van der Waals surface area (Å²) in [5, 5.41) is 0.730. The van der Waals surface area contributed by atoms with Gasteiger partial charge in [-0.1, -0.05) is 23.5 Å². The molecule has 1 aromatic heterocycles. The van der Waals surface area contributed by atoms with Crippen LogP contribution < -0.4 is 9.64 Å². The van der Waals surface area contributed by atoms with Crippen LogP contribution in [0, 0.1) is 0 Å².